The Balaban J connectivity index is 0.00000220. The zero-order valence-electron chi connectivity index (χ0n) is 12.2. The Morgan fingerprint density at radius 3 is 2.81 bits per heavy atom. The van der Waals surface area contributed by atoms with Crippen LogP contribution in [0.15, 0.2) is 12.1 Å². The van der Waals surface area contributed by atoms with E-state index in [-0.39, 0.29) is 24.4 Å². The zero-order chi connectivity index (χ0) is 14.5. The van der Waals surface area contributed by atoms with E-state index in [0.29, 0.717) is 42.6 Å². The lowest BCUT2D eigenvalue weighted by Gasteiger charge is -2.21. The number of methoxy groups -OCH3 is 1. The van der Waals surface area contributed by atoms with Gasteiger partial charge in [-0.25, -0.2) is 0 Å². The topological polar surface area (TPSA) is 82.8 Å². The lowest BCUT2D eigenvalue weighted by atomic mass is 10.1. The molecule has 1 aromatic carbocycles. The third-order valence-electron chi connectivity index (χ3n) is 2.98. The van der Waals surface area contributed by atoms with Gasteiger partial charge in [0.2, 0.25) is 5.75 Å². The van der Waals surface area contributed by atoms with Crippen LogP contribution in [0.25, 0.3) is 0 Å². The number of carbonyl (C=O) groups excluding carboxylic acids is 1. The minimum atomic E-state index is -0.180. The Labute approximate surface area is 130 Å². The van der Waals surface area contributed by atoms with Crippen LogP contribution in [-0.2, 0) is 0 Å². The number of nitrogens with two attached hydrogens (primary N) is 1. The highest BCUT2D eigenvalue weighted by Crippen LogP contribution is 2.40. The molecule has 0 fully saturated rings. The molecule has 1 unspecified atom stereocenters. The molecule has 0 aromatic heterocycles. The SMILES string of the molecule is COc1cc(C(=O)NCCC(C)N)cc2c1OCCO2.Cl. The summed E-state index contributed by atoms with van der Waals surface area (Å²) in [6, 6.07) is 3.37. The fraction of sp³-hybridized carbons (Fsp3) is 0.500. The van der Waals surface area contributed by atoms with E-state index in [1.807, 2.05) is 6.92 Å². The van der Waals surface area contributed by atoms with Gasteiger partial charge in [-0.1, -0.05) is 0 Å². The fourth-order valence-electron chi connectivity index (χ4n) is 1.92. The van der Waals surface area contributed by atoms with E-state index in [4.69, 9.17) is 19.9 Å². The minimum Gasteiger partial charge on any atom is -0.493 e. The van der Waals surface area contributed by atoms with Crippen molar-refractivity contribution in [1.82, 2.24) is 5.32 Å². The fourth-order valence-corrected chi connectivity index (χ4v) is 1.92. The maximum atomic E-state index is 12.1. The second-order valence-corrected chi connectivity index (χ2v) is 4.72. The Morgan fingerprint density at radius 1 is 1.43 bits per heavy atom. The van der Waals surface area contributed by atoms with Gasteiger partial charge in [0.05, 0.1) is 7.11 Å². The van der Waals surface area contributed by atoms with E-state index >= 15 is 0 Å². The van der Waals surface area contributed by atoms with Gasteiger partial charge in [0.15, 0.2) is 11.5 Å². The Hall–Kier alpha value is -1.66. The number of carbonyl (C=O) groups is 1. The minimum absolute atomic E-state index is 0. The molecule has 1 heterocycles. The van der Waals surface area contributed by atoms with Crippen molar-refractivity contribution < 1.29 is 19.0 Å². The van der Waals surface area contributed by atoms with E-state index < -0.39 is 0 Å². The quantitative estimate of drug-likeness (QED) is 0.857. The van der Waals surface area contributed by atoms with Gasteiger partial charge in [-0.2, -0.15) is 0 Å². The van der Waals surface area contributed by atoms with Crippen molar-refractivity contribution in [2.75, 3.05) is 26.9 Å². The van der Waals surface area contributed by atoms with Crippen LogP contribution >= 0.6 is 12.4 Å². The third kappa shape index (κ3) is 4.41. The summed E-state index contributed by atoms with van der Waals surface area (Å²) in [5.41, 5.74) is 6.13. The number of nitrogens with one attached hydrogen (secondary N) is 1. The molecule has 21 heavy (non-hydrogen) atoms. The molecule has 2 rings (SSSR count). The molecule has 3 N–H and O–H groups in total. The zero-order valence-corrected chi connectivity index (χ0v) is 13.0. The van der Waals surface area contributed by atoms with E-state index in [0.717, 1.165) is 6.42 Å². The molecule has 6 nitrogen and oxygen atoms in total. The monoisotopic (exact) mass is 316 g/mol. The van der Waals surface area contributed by atoms with Crippen LogP contribution in [0.2, 0.25) is 0 Å². The number of hydrogen-bond acceptors (Lipinski definition) is 5. The first kappa shape index (κ1) is 17.4. The molecule has 0 bridgehead atoms. The molecule has 1 atom stereocenters. The molecule has 0 radical (unpaired) electrons. The Bertz CT molecular complexity index is 477. The van der Waals surface area contributed by atoms with Crippen LogP contribution in [0, 0.1) is 0 Å². The van der Waals surface area contributed by atoms with E-state index in [1.54, 1.807) is 12.1 Å². The van der Waals surface area contributed by atoms with Gasteiger partial charge in [-0.05, 0) is 25.5 Å². The highest BCUT2D eigenvalue weighted by Gasteiger charge is 2.20. The van der Waals surface area contributed by atoms with Crippen LogP contribution in [0.4, 0.5) is 0 Å². The van der Waals surface area contributed by atoms with Gasteiger partial charge in [0.25, 0.3) is 5.91 Å². The number of benzene rings is 1. The summed E-state index contributed by atoms with van der Waals surface area (Å²) in [6.07, 6.45) is 0.730. The first-order chi connectivity index (χ1) is 9.61. The lowest BCUT2D eigenvalue weighted by molar-refractivity contribution is 0.0951. The summed E-state index contributed by atoms with van der Waals surface area (Å²) in [7, 11) is 1.53. The molecular weight excluding hydrogens is 296 g/mol. The first-order valence-corrected chi connectivity index (χ1v) is 6.63. The Kier molecular flexibility index (Phi) is 6.58. The van der Waals surface area contributed by atoms with Crippen molar-refractivity contribution in [3.63, 3.8) is 0 Å². The molecular formula is C14H21ClN2O4. The number of hydrogen-bond donors (Lipinski definition) is 2. The van der Waals surface area contributed by atoms with Gasteiger partial charge >= 0.3 is 0 Å². The van der Waals surface area contributed by atoms with Gasteiger partial charge in [0.1, 0.15) is 13.2 Å². The molecule has 1 amide bonds. The summed E-state index contributed by atoms with van der Waals surface area (Å²) in [5.74, 6) is 1.40. The maximum Gasteiger partial charge on any atom is 0.251 e. The van der Waals surface area contributed by atoms with Gasteiger partial charge in [-0.3, -0.25) is 4.79 Å². The van der Waals surface area contributed by atoms with Gasteiger partial charge in [0, 0.05) is 18.2 Å². The molecule has 0 saturated heterocycles. The second kappa shape index (κ2) is 7.95. The highest BCUT2D eigenvalue weighted by molar-refractivity contribution is 5.95. The summed E-state index contributed by atoms with van der Waals surface area (Å²) >= 11 is 0. The van der Waals surface area contributed by atoms with E-state index in [1.165, 1.54) is 7.11 Å². The second-order valence-electron chi connectivity index (χ2n) is 4.72. The lowest BCUT2D eigenvalue weighted by Crippen LogP contribution is -2.29. The molecule has 7 heteroatoms. The molecule has 0 saturated carbocycles. The molecule has 0 spiro atoms. The summed E-state index contributed by atoms with van der Waals surface area (Å²) < 4.78 is 16.2. The Morgan fingerprint density at radius 2 is 2.14 bits per heavy atom. The van der Waals surface area contributed by atoms with E-state index in [2.05, 4.69) is 5.32 Å². The van der Waals surface area contributed by atoms with Crippen molar-refractivity contribution in [2.24, 2.45) is 5.73 Å². The van der Waals surface area contributed by atoms with Crippen LogP contribution in [-0.4, -0.2) is 38.8 Å². The number of amides is 1. The molecule has 0 aliphatic carbocycles. The number of rotatable bonds is 5. The summed E-state index contributed by atoms with van der Waals surface area (Å²) in [4.78, 5) is 12.1. The molecule has 1 aromatic rings. The highest BCUT2D eigenvalue weighted by atomic mass is 35.5. The predicted octanol–water partition coefficient (Wildman–Crippen LogP) is 1.36. The van der Waals surface area contributed by atoms with Gasteiger partial charge < -0.3 is 25.3 Å². The number of ether oxygens (including phenoxy) is 3. The van der Waals surface area contributed by atoms with Crippen molar-refractivity contribution in [2.45, 2.75) is 19.4 Å². The van der Waals surface area contributed by atoms with Crippen molar-refractivity contribution in [3.8, 4) is 17.2 Å². The van der Waals surface area contributed by atoms with Crippen LogP contribution in [0.5, 0.6) is 17.2 Å². The van der Waals surface area contributed by atoms with Crippen LogP contribution < -0.4 is 25.3 Å². The third-order valence-corrected chi connectivity index (χ3v) is 2.98. The van der Waals surface area contributed by atoms with Gasteiger partial charge in [-0.15, -0.1) is 12.4 Å². The standard InChI is InChI=1S/C14H20N2O4.ClH/c1-9(15)3-4-16-14(17)10-7-11(18-2)13-12(8-10)19-5-6-20-13;/h7-9H,3-6,15H2,1-2H3,(H,16,17);1H. The van der Waals surface area contributed by atoms with Crippen molar-refractivity contribution in [1.29, 1.82) is 0 Å². The normalized spacial score (nSPS) is 13.9. The summed E-state index contributed by atoms with van der Waals surface area (Å²) in [5, 5.41) is 2.82. The van der Waals surface area contributed by atoms with Crippen LogP contribution in [0.1, 0.15) is 23.7 Å². The largest absolute Gasteiger partial charge is 0.493 e. The summed E-state index contributed by atoms with van der Waals surface area (Å²) in [6.45, 7) is 3.38. The predicted molar refractivity (Wildman–Crippen MR) is 81.8 cm³/mol. The molecule has 118 valence electrons. The van der Waals surface area contributed by atoms with Crippen molar-refractivity contribution in [3.05, 3.63) is 17.7 Å². The number of halogens is 1. The smallest absolute Gasteiger partial charge is 0.251 e. The first-order valence-electron chi connectivity index (χ1n) is 6.63. The maximum absolute atomic E-state index is 12.1. The van der Waals surface area contributed by atoms with Crippen molar-refractivity contribution >= 4 is 18.3 Å². The molecule has 1 aliphatic rings. The van der Waals surface area contributed by atoms with Crippen LogP contribution in [0.3, 0.4) is 0 Å². The molecule has 1 aliphatic heterocycles. The average Bonchev–Trinajstić information content (AvgIpc) is 2.45. The van der Waals surface area contributed by atoms with E-state index in [9.17, 15) is 4.79 Å². The number of fused-ring (bicyclic) bond motifs is 1. The average molecular weight is 317 g/mol.